The summed E-state index contributed by atoms with van der Waals surface area (Å²) >= 11 is 0. The fraction of sp³-hybridized carbons (Fsp3) is 0.435. The van der Waals surface area contributed by atoms with Gasteiger partial charge in [0.15, 0.2) is 0 Å². The smallest absolute Gasteiger partial charge is 0.243 e. The van der Waals surface area contributed by atoms with Gasteiger partial charge in [-0.25, -0.2) is 8.42 Å². The first-order chi connectivity index (χ1) is 14.3. The van der Waals surface area contributed by atoms with E-state index in [1.54, 1.807) is 24.3 Å². The molecule has 1 amide bonds. The van der Waals surface area contributed by atoms with E-state index in [1.807, 2.05) is 39.0 Å². The molecule has 0 aromatic heterocycles. The van der Waals surface area contributed by atoms with Crippen molar-refractivity contribution in [3.63, 3.8) is 0 Å². The molecule has 1 aliphatic rings. The lowest BCUT2D eigenvalue weighted by atomic mass is 9.99. The average Bonchev–Trinajstić information content (AvgIpc) is 2.74. The Bertz CT molecular complexity index is 987. The number of rotatable bonds is 7. The van der Waals surface area contributed by atoms with Gasteiger partial charge in [0, 0.05) is 13.1 Å². The van der Waals surface area contributed by atoms with E-state index in [1.165, 1.54) is 4.31 Å². The van der Waals surface area contributed by atoms with Gasteiger partial charge in [0.25, 0.3) is 0 Å². The second-order valence-electron chi connectivity index (χ2n) is 7.92. The van der Waals surface area contributed by atoms with Crippen molar-refractivity contribution in [2.75, 3.05) is 26.2 Å². The van der Waals surface area contributed by atoms with Crippen molar-refractivity contribution in [2.24, 2.45) is 5.92 Å². The summed E-state index contributed by atoms with van der Waals surface area (Å²) in [4.78, 5) is 12.9. The topological polar surface area (TPSA) is 75.7 Å². The summed E-state index contributed by atoms with van der Waals surface area (Å²) in [7, 11) is -3.59. The van der Waals surface area contributed by atoms with Crippen LogP contribution in [0.1, 0.15) is 29.5 Å². The number of nitrogens with one attached hydrogen (secondary N) is 1. The van der Waals surface area contributed by atoms with Crippen LogP contribution >= 0.6 is 0 Å². The zero-order chi connectivity index (χ0) is 21.7. The van der Waals surface area contributed by atoms with Crippen LogP contribution in [0.5, 0.6) is 5.75 Å². The monoisotopic (exact) mass is 430 g/mol. The third-order valence-electron chi connectivity index (χ3n) is 5.42. The van der Waals surface area contributed by atoms with Crippen LogP contribution in [0.3, 0.4) is 0 Å². The Kier molecular flexibility index (Phi) is 7.15. The largest absolute Gasteiger partial charge is 0.491 e. The minimum Gasteiger partial charge on any atom is -0.491 e. The molecule has 0 bridgehead atoms. The number of benzene rings is 2. The van der Waals surface area contributed by atoms with Crippen molar-refractivity contribution in [3.05, 3.63) is 59.2 Å². The molecule has 0 aliphatic carbocycles. The summed E-state index contributed by atoms with van der Waals surface area (Å²) in [6.07, 6.45) is 1.35. The number of ether oxygens (including phenoxy) is 1. The number of hydrogen-bond acceptors (Lipinski definition) is 4. The lowest BCUT2D eigenvalue weighted by Crippen LogP contribution is -2.45. The Labute approximate surface area is 179 Å². The quantitative estimate of drug-likeness (QED) is 0.685. The van der Waals surface area contributed by atoms with Gasteiger partial charge in [-0.15, -0.1) is 0 Å². The molecule has 2 aromatic carbocycles. The van der Waals surface area contributed by atoms with Gasteiger partial charge in [-0.3, -0.25) is 4.79 Å². The minimum absolute atomic E-state index is 0.122. The molecule has 162 valence electrons. The number of piperidine rings is 1. The molecule has 1 aliphatic heterocycles. The molecule has 1 N–H and O–H groups in total. The minimum atomic E-state index is -3.59. The van der Waals surface area contributed by atoms with Gasteiger partial charge >= 0.3 is 0 Å². The summed E-state index contributed by atoms with van der Waals surface area (Å²) in [5.41, 5.74) is 3.18. The number of carbonyl (C=O) groups is 1. The van der Waals surface area contributed by atoms with E-state index >= 15 is 0 Å². The summed E-state index contributed by atoms with van der Waals surface area (Å²) < 4.78 is 33.0. The maximum atomic E-state index is 12.9. The van der Waals surface area contributed by atoms with Crippen LogP contribution < -0.4 is 10.1 Å². The van der Waals surface area contributed by atoms with Crippen LogP contribution in [0.4, 0.5) is 0 Å². The maximum absolute atomic E-state index is 12.9. The van der Waals surface area contributed by atoms with Gasteiger partial charge in [0.2, 0.25) is 15.9 Å². The van der Waals surface area contributed by atoms with Gasteiger partial charge in [0.05, 0.1) is 17.4 Å². The zero-order valence-electron chi connectivity index (χ0n) is 17.8. The first-order valence-corrected chi connectivity index (χ1v) is 11.8. The lowest BCUT2D eigenvalue weighted by Gasteiger charge is -2.31. The predicted molar refractivity (Wildman–Crippen MR) is 117 cm³/mol. The van der Waals surface area contributed by atoms with E-state index in [0.717, 1.165) is 22.4 Å². The molecule has 7 heteroatoms. The van der Waals surface area contributed by atoms with Crippen molar-refractivity contribution in [1.29, 1.82) is 0 Å². The van der Waals surface area contributed by atoms with Gasteiger partial charge in [0.1, 0.15) is 12.4 Å². The van der Waals surface area contributed by atoms with E-state index in [0.29, 0.717) is 32.5 Å². The van der Waals surface area contributed by atoms with Gasteiger partial charge in [-0.05, 0) is 62.9 Å². The molecule has 1 fully saturated rings. The van der Waals surface area contributed by atoms with Crippen molar-refractivity contribution < 1.29 is 17.9 Å². The molecule has 2 aromatic rings. The Hall–Kier alpha value is -2.38. The number of carbonyl (C=O) groups excluding carboxylic acids is 1. The maximum Gasteiger partial charge on any atom is 0.243 e. The molecule has 3 rings (SSSR count). The molecule has 0 radical (unpaired) electrons. The van der Waals surface area contributed by atoms with Crippen molar-refractivity contribution in [3.8, 4) is 5.75 Å². The lowest BCUT2D eigenvalue weighted by molar-refractivity contribution is -0.126. The molecule has 0 saturated carbocycles. The highest BCUT2D eigenvalue weighted by Gasteiger charge is 2.33. The molecular weight excluding hydrogens is 400 g/mol. The van der Waals surface area contributed by atoms with Crippen molar-refractivity contribution in [1.82, 2.24) is 9.62 Å². The van der Waals surface area contributed by atoms with E-state index in [2.05, 4.69) is 5.32 Å². The highest BCUT2D eigenvalue weighted by Crippen LogP contribution is 2.24. The fourth-order valence-corrected chi connectivity index (χ4v) is 5.10. The Balaban J connectivity index is 1.52. The van der Waals surface area contributed by atoms with Crippen LogP contribution in [-0.2, 0) is 14.8 Å². The van der Waals surface area contributed by atoms with Crippen molar-refractivity contribution >= 4 is 15.9 Å². The van der Waals surface area contributed by atoms with Crippen LogP contribution in [0.2, 0.25) is 0 Å². The summed E-state index contributed by atoms with van der Waals surface area (Å²) in [5, 5.41) is 2.89. The highest BCUT2D eigenvalue weighted by molar-refractivity contribution is 7.89. The van der Waals surface area contributed by atoms with Gasteiger partial charge in [-0.2, -0.15) is 4.31 Å². The summed E-state index contributed by atoms with van der Waals surface area (Å²) in [6, 6.07) is 12.8. The van der Waals surface area contributed by atoms with E-state index < -0.39 is 10.0 Å². The van der Waals surface area contributed by atoms with Crippen LogP contribution in [-0.4, -0.2) is 44.9 Å². The molecule has 0 unspecified atom stereocenters. The average molecular weight is 431 g/mol. The Morgan fingerprint density at radius 2 is 1.80 bits per heavy atom. The summed E-state index contributed by atoms with van der Waals surface area (Å²) in [5.74, 6) is 0.348. The normalized spacial score (nSPS) is 17.5. The first kappa shape index (κ1) is 22.3. The highest BCUT2D eigenvalue weighted by atomic mass is 32.2. The number of nitrogens with zero attached hydrogens (tertiary/aromatic N) is 1. The number of hydrogen-bond donors (Lipinski definition) is 1. The Morgan fingerprint density at radius 3 is 2.53 bits per heavy atom. The number of amides is 1. The van der Waals surface area contributed by atoms with Crippen LogP contribution in [0, 0.1) is 26.7 Å². The zero-order valence-corrected chi connectivity index (χ0v) is 18.7. The molecule has 6 nitrogen and oxygen atoms in total. The van der Waals surface area contributed by atoms with E-state index in [4.69, 9.17) is 4.74 Å². The number of aryl methyl sites for hydroxylation is 3. The standard InChI is InChI=1S/C23H30N2O4S/c1-17-7-10-21(11-8-17)30(27,28)25-13-4-5-20(16-25)23(26)24-12-14-29-22-15-18(2)6-9-19(22)3/h6-11,15,20H,4-5,12-14,16H2,1-3H3,(H,24,26)/t20-/m0/s1. The molecule has 1 heterocycles. The van der Waals surface area contributed by atoms with E-state index in [9.17, 15) is 13.2 Å². The predicted octanol–water partition coefficient (Wildman–Crippen LogP) is 3.21. The Morgan fingerprint density at radius 1 is 1.10 bits per heavy atom. The molecule has 1 atom stereocenters. The molecule has 0 spiro atoms. The SMILES string of the molecule is Cc1ccc(S(=O)(=O)N2CCC[C@H](C(=O)NCCOc3cc(C)ccc3C)C2)cc1. The third-order valence-corrected chi connectivity index (χ3v) is 7.30. The van der Waals surface area contributed by atoms with Crippen LogP contribution in [0.25, 0.3) is 0 Å². The second kappa shape index (κ2) is 9.62. The first-order valence-electron chi connectivity index (χ1n) is 10.3. The third kappa shape index (κ3) is 5.40. The molecular formula is C23H30N2O4S. The molecule has 30 heavy (non-hydrogen) atoms. The van der Waals surface area contributed by atoms with Crippen molar-refractivity contribution in [2.45, 2.75) is 38.5 Å². The van der Waals surface area contributed by atoms with Gasteiger partial charge < -0.3 is 10.1 Å². The second-order valence-corrected chi connectivity index (χ2v) is 9.86. The molecule has 1 saturated heterocycles. The number of sulfonamides is 1. The van der Waals surface area contributed by atoms with Gasteiger partial charge in [-0.1, -0.05) is 29.8 Å². The van der Waals surface area contributed by atoms with E-state index in [-0.39, 0.29) is 23.3 Å². The summed E-state index contributed by atoms with van der Waals surface area (Å²) in [6.45, 7) is 7.31. The van der Waals surface area contributed by atoms with Crippen LogP contribution in [0.15, 0.2) is 47.4 Å². The fourth-order valence-electron chi connectivity index (χ4n) is 3.58.